The van der Waals surface area contributed by atoms with Gasteiger partial charge in [0.2, 0.25) is 0 Å². The van der Waals surface area contributed by atoms with Gasteiger partial charge in [-0.2, -0.15) is 0 Å². The number of nitrogens with zero attached hydrogens (tertiary/aromatic N) is 1. The van der Waals surface area contributed by atoms with Crippen LogP contribution in [0, 0.1) is 0 Å². The molecular formula is C13H22I3N. The van der Waals surface area contributed by atoms with Crippen LogP contribution in [-0.2, 0) is 6.54 Å². The maximum atomic E-state index is 2.39. The zero-order valence-electron chi connectivity index (χ0n) is 10.8. The van der Waals surface area contributed by atoms with Crippen LogP contribution in [0.15, 0.2) is 30.3 Å². The van der Waals surface area contributed by atoms with Crippen molar-refractivity contribution in [3.63, 3.8) is 0 Å². The molecule has 0 fully saturated rings. The normalized spacial score (nSPS) is 10.9. The second kappa shape index (κ2) is 11.2. The molecule has 4 heteroatoms. The molecule has 0 aliphatic heterocycles. The number of quaternary nitrogens is 1. The van der Waals surface area contributed by atoms with Crippen LogP contribution in [0.5, 0.6) is 0 Å². The Labute approximate surface area is 136 Å². The van der Waals surface area contributed by atoms with Gasteiger partial charge in [0, 0.05) is 5.56 Å². The van der Waals surface area contributed by atoms with Gasteiger partial charge >= 0.3 is 50.5 Å². The van der Waals surface area contributed by atoms with E-state index in [0.717, 1.165) is 0 Å². The molecule has 0 aromatic heterocycles. The van der Waals surface area contributed by atoms with Gasteiger partial charge in [0.25, 0.3) is 0 Å². The summed E-state index contributed by atoms with van der Waals surface area (Å²) in [6.45, 7) is 11.7. The van der Waals surface area contributed by atoms with Crippen molar-refractivity contribution >= 4 is 37.2 Å². The molecule has 0 N–H and O–H groups in total. The number of rotatable bonds is 5. The zero-order valence-corrected chi connectivity index (χ0v) is 17.3. The molecule has 0 heterocycles. The van der Waals surface area contributed by atoms with E-state index < -0.39 is 0 Å². The van der Waals surface area contributed by atoms with Gasteiger partial charge in [-0.15, -0.1) is 0 Å². The standard InChI is InChI=1S/C13H22N.I3/c1-4-14(5-2,6-3)12-13-10-8-7-9-11-13;1-3-2/h7-11H,4-6,12H2,1-3H3;/q+1;-1. The van der Waals surface area contributed by atoms with E-state index in [-0.39, 0.29) is 0 Å². The Bertz CT molecular complexity index is 265. The van der Waals surface area contributed by atoms with Crippen molar-refractivity contribution in [3.8, 4) is 0 Å². The molecule has 1 aromatic rings. The minimum atomic E-state index is 0.530. The third-order valence-corrected chi connectivity index (χ3v) is 3.37. The molecule has 1 aromatic carbocycles. The summed E-state index contributed by atoms with van der Waals surface area (Å²) >= 11 is 5.30. The van der Waals surface area contributed by atoms with Crippen LogP contribution in [0.4, 0.5) is 0 Å². The minimum absolute atomic E-state index is 0.530. The fourth-order valence-corrected chi connectivity index (χ4v) is 1.98. The summed E-state index contributed by atoms with van der Waals surface area (Å²) in [5.74, 6) is 0. The molecule has 0 aliphatic rings. The number of hydrogen-bond acceptors (Lipinski definition) is 0. The van der Waals surface area contributed by atoms with Crippen LogP contribution in [0.1, 0.15) is 26.3 Å². The molecule has 0 spiro atoms. The Kier molecular flexibility index (Phi) is 12.1. The van der Waals surface area contributed by atoms with E-state index in [4.69, 9.17) is 0 Å². The molecule has 1 rings (SSSR count). The molecule has 0 amide bonds. The van der Waals surface area contributed by atoms with Crippen molar-refractivity contribution in [3.05, 3.63) is 35.9 Å². The molecule has 17 heavy (non-hydrogen) atoms. The molecule has 0 saturated carbocycles. The first-order valence-corrected chi connectivity index (χ1v) is 18.5. The van der Waals surface area contributed by atoms with E-state index in [9.17, 15) is 0 Å². The number of halogens is 3. The van der Waals surface area contributed by atoms with Crippen molar-refractivity contribution in [2.75, 3.05) is 19.6 Å². The van der Waals surface area contributed by atoms with Gasteiger partial charge in [-0.05, 0) is 20.8 Å². The number of benzene rings is 1. The quantitative estimate of drug-likeness (QED) is 0.373. The van der Waals surface area contributed by atoms with Gasteiger partial charge in [-0.3, -0.25) is 0 Å². The molecule has 100 valence electrons. The Morgan fingerprint density at radius 1 is 0.941 bits per heavy atom. The van der Waals surface area contributed by atoms with Gasteiger partial charge in [-0.25, -0.2) is 0 Å². The molecule has 1 nitrogen and oxygen atoms in total. The van der Waals surface area contributed by atoms with Gasteiger partial charge in [0.05, 0.1) is 19.6 Å². The van der Waals surface area contributed by atoms with Crippen molar-refractivity contribution in [1.82, 2.24) is 0 Å². The zero-order chi connectivity index (χ0) is 13.1. The Balaban J connectivity index is 0.000000770. The van der Waals surface area contributed by atoms with Gasteiger partial charge in [0.15, 0.2) is 0 Å². The summed E-state index contributed by atoms with van der Waals surface area (Å²) in [5.41, 5.74) is 1.46. The predicted molar refractivity (Wildman–Crippen MR) is 90.1 cm³/mol. The van der Waals surface area contributed by atoms with Crippen LogP contribution < -0.4 is 13.3 Å². The third-order valence-electron chi connectivity index (χ3n) is 3.37. The first-order valence-electron chi connectivity index (χ1n) is 5.94. The summed E-state index contributed by atoms with van der Waals surface area (Å²) in [7, 11) is 0. The maximum absolute atomic E-state index is 2.39. The van der Waals surface area contributed by atoms with E-state index in [1.807, 2.05) is 0 Å². The Morgan fingerprint density at radius 2 is 1.35 bits per heavy atom. The molecule has 0 saturated heterocycles. The van der Waals surface area contributed by atoms with Crippen LogP contribution in [0.25, 0.3) is 0 Å². The predicted octanol–water partition coefficient (Wildman–Crippen LogP) is 1.84. The average molecular weight is 573 g/mol. The fraction of sp³-hybridized carbons (Fsp3) is 0.538. The first kappa shape index (κ1) is 18.4. The van der Waals surface area contributed by atoms with E-state index in [0.29, 0.717) is 13.3 Å². The van der Waals surface area contributed by atoms with Gasteiger partial charge < -0.3 is 4.48 Å². The molecule has 0 unspecified atom stereocenters. The van der Waals surface area contributed by atoms with E-state index in [2.05, 4.69) is 88.3 Å². The van der Waals surface area contributed by atoms with Crippen LogP contribution in [0.2, 0.25) is 0 Å². The van der Waals surface area contributed by atoms with Crippen LogP contribution >= 0.6 is 37.2 Å². The first-order chi connectivity index (χ1) is 8.17. The van der Waals surface area contributed by atoms with Crippen molar-refractivity contribution in [2.45, 2.75) is 27.3 Å². The summed E-state index contributed by atoms with van der Waals surface area (Å²) in [5, 5.41) is 0. The van der Waals surface area contributed by atoms with E-state index in [1.54, 1.807) is 0 Å². The van der Waals surface area contributed by atoms with Gasteiger partial charge in [0.1, 0.15) is 6.54 Å². The Hall–Kier alpha value is 1.37. The fourth-order valence-electron chi connectivity index (χ4n) is 1.98. The second-order valence-electron chi connectivity index (χ2n) is 3.99. The third kappa shape index (κ3) is 7.51. The summed E-state index contributed by atoms with van der Waals surface area (Å²) in [6.07, 6.45) is 0. The molecule has 0 aliphatic carbocycles. The number of hydrogen-bond donors (Lipinski definition) is 0. The SMILES string of the molecule is CC[N+](CC)(CC)Cc1ccccc1.I[I-]I. The van der Waals surface area contributed by atoms with Crippen molar-refractivity contribution < 1.29 is 17.7 Å². The molecule has 0 bridgehead atoms. The summed E-state index contributed by atoms with van der Waals surface area (Å²) < 4.78 is 1.20. The second-order valence-corrected chi connectivity index (χ2v) is 20.2. The molecular weight excluding hydrogens is 551 g/mol. The van der Waals surface area contributed by atoms with E-state index in [1.165, 1.54) is 36.2 Å². The summed E-state index contributed by atoms with van der Waals surface area (Å²) in [6, 6.07) is 10.8. The van der Waals surface area contributed by atoms with Crippen LogP contribution in [-0.4, -0.2) is 24.1 Å². The Morgan fingerprint density at radius 3 is 1.71 bits per heavy atom. The summed E-state index contributed by atoms with van der Waals surface area (Å²) in [4.78, 5) is 0. The van der Waals surface area contributed by atoms with Crippen molar-refractivity contribution in [2.24, 2.45) is 0 Å². The van der Waals surface area contributed by atoms with E-state index >= 15 is 0 Å². The average Bonchev–Trinajstić information content (AvgIpc) is 2.38. The van der Waals surface area contributed by atoms with Crippen molar-refractivity contribution in [1.29, 1.82) is 0 Å². The molecule has 0 radical (unpaired) electrons. The molecule has 0 atom stereocenters. The monoisotopic (exact) mass is 573 g/mol. The topological polar surface area (TPSA) is 0 Å². The van der Waals surface area contributed by atoms with Gasteiger partial charge in [-0.1, -0.05) is 30.3 Å². The van der Waals surface area contributed by atoms with Crippen LogP contribution in [0.3, 0.4) is 0 Å².